The highest BCUT2D eigenvalue weighted by molar-refractivity contribution is 7.80. The summed E-state index contributed by atoms with van der Waals surface area (Å²) in [4.78, 5) is 12.1. The predicted molar refractivity (Wildman–Crippen MR) is 83.0 cm³/mol. The molecule has 0 aliphatic rings. The summed E-state index contributed by atoms with van der Waals surface area (Å²) in [5, 5.41) is 12.1. The SMILES string of the molecule is Cc1cccc(Nc2nc(Cl)nc(CC(O)=S)n2)c1C. The van der Waals surface area contributed by atoms with Crippen LogP contribution >= 0.6 is 23.8 Å². The number of aliphatic hydroxyl groups excluding tert-OH is 1. The molecule has 0 aliphatic heterocycles. The van der Waals surface area contributed by atoms with Crippen molar-refractivity contribution in [3.8, 4) is 0 Å². The lowest BCUT2D eigenvalue weighted by atomic mass is 10.1. The molecule has 2 N–H and O–H groups in total. The Hall–Kier alpha value is -1.79. The summed E-state index contributed by atoms with van der Waals surface area (Å²) in [6.07, 6.45) is 0.0685. The van der Waals surface area contributed by atoms with Gasteiger partial charge in [0.05, 0.1) is 6.42 Å². The minimum absolute atomic E-state index is 0.0547. The first-order valence-electron chi connectivity index (χ1n) is 5.91. The molecule has 1 heterocycles. The minimum Gasteiger partial charge on any atom is -0.502 e. The molecule has 1 aromatic carbocycles. The molecule has 0 fully saturated rings. The quantitative estimate of drug-likeness (QED) is 0.844. The van der Waals surface area contributed by atoms with E-state index in [4.69, 9.17) is 16.7 Å². The number of nitrogens with one attached hydrogen (secondary N) is 1. The van der Waals surface area contributed by atoms with E-state index < -0.39 is 0 Å². The first kappa shape index (κ1) is 14.6. The van der Waals surface area contributed by atoms with Crippen molar-refractivity contribution in [1.82, 2.24) is 15.0 Å². The van der Waals surface area contributed by atoms with E-state index in [0.717, 1.165) is 16.8 Å². The Labute approximate surface area is 127 Å². The van der Waals surface area contributed by atoms with Crippen LogP contribution in [0.4, 0.5) is 11.6 Å². The third-order valence-electron chi connectivity index (χ3n) is 2.81. The average molecular weight is 309 g/mol. The number of hydrogen-bond donors (Lipinski definition) is 2. The molecule has 0 atom stereocenters. The van der Waals surface area contributed by atoms with Gasteiger partial charge in [-0.15, -0.1) is 0 Å². The van der Waals surface area contributed by atoms with Gasteiger partial charge in [-0.1, -0.05) is 12.1 Å². The van der Waals surface area contributed by atoms with Gasteiger partial charge in [0.1, 0.15) is 5.82 Å². The van der Waals surface area contributed by atoms with Gasteiger partial charge in [0.2, 0.25) is 11.2 Å². The zero-order valence-corrected chi connectivity index (χ0v) is 12.6. The Balaban J connectivity index is 2.31. The van der Waals surface area contributed by atoms with E-state index in [-0.39, 0.29) is 16.8 Å². The Kier molecular flexibility index (Phi) is 4.46. The molecule has 0 aliphatic carbocycles. The molecule has 0 spiro atoms. The van der Waals surface area contributed by atoms with Crippen molar-refractivity contribution in [3.63, 3.8) is 0 Å². The third-order valence-corrected chi connectivity index (χ3v) is 3.13. The van der Waals surface area contributed by atoms with Gasteiger partial charge in [0.15, 0.2) is 5.05 Å². The van der Waals surface area contributed by atoms with Crippen molar-refractivity contribution in [1.29, 1.82) is 0 Å². The van der Waals surface area contributed by atoms with Gasteiger partial charge in [-0.25, -0.2) is 4.98 Å². The summed E-state index contributed by atoms with van der Waals surface area (Å²) in [6.45, 7) is 4.03. The van der Waals surface area contributed by atoms with Crippen molar-refractivity contribution in [3.05, 3.63) is 40.4 Å². The van der Waals surface area contributed by atoms with E-state index in [1.807, 2.05) is 32.0 Å². The first-order valence-corrected chi connectivity index (χ1v) is 6.70. The lowest BCUT2D eigenvalue weighted by Gasteiger charge is -2.10. The fraction of sp³-hybridized carbons (Fsp3) is 0.231. The molecule has 0 saturated heterocycles. The molecule has 7 heteroatoms. The zero-order valence-electron chi connectivity index (χ0n) is 11.0. The van der Waals surface area contributed by atoms with Crippen LogP contribution in [0.2, 0.25) is 5.28 Å². The highest BCUT2D eigenvalue weighted by Crippen LogP contribution is 2.21. The summed E-state index contributed by atoms with van der Waals surface area (Å²) < 4.78 is 0. The molecule has 2 rings (SSSR count). The fourth-order valence-electron chi connectivity index (χ4n) is 1.67. The number of nitrogens with zero attached hydrogens (tertiary/aromatic N) is 3. The predicted octanol–water partition coefficient (Wildman–Crippen LogP) is 3.31. The number of anilines is 2. The number of aliphatic hydroxyl groups is 1. The van der Waals surface area contributed by atoms with Crippen molar-refractivity contribution in [2.45, 2.75) is 20.3 Å². The molecule has 20 heavy (non-hydrogen) atoms. The lowest BCUT2D eigenvalue weighted by Crippen LogP contribution is -2.08. The topological polar surface area (TPSA) is 70.9 Å². The van der Waals surface area contributed by atoms with E-state index >= 15 is 0 Å². The van der Waals surface area contributed by atoms with E-state index in [1.54, 1.807) is 0 Å². The summed E-state index contributed by atoms with van der Waals surface area (Å²) >= 11 is 10.5. The standard InChI is InChI=1S/C13H13ClN4OS/c1-7-4-3-5-9(8(7)2)15-13-17-10(6-11(19)20)16-12(14)18-13/h3-5H,6H2,1-2H3,(H,19,20)(H,15,16,17,18). The molecular weight excluding hydrogens is 296 g/mol. The second kappa shape index (κ2) is 6.11. The van der Waals surface area contributed by atoms with Gasteiger partial charge in [-0.2, -0.15) is 9.97 Å². The summed E-state index contributed by atoms with van der Waals surface area (Å²) in [6, 6.07) is 5.89. The molecule has 2 aromatic rings. The minimum atomic E-state index is -0.190. The second-order valence-corrected chi connectivity index (χ2v) is 5.10. The van der Waals surface area contributed by atoms with E-state index in [0.29, 0.717) is 11.8 Å². The van der Waals surface area contributed by atoms with Crippen molar-refractivity contribution in [2.75, 3.05) is 5.32 Å². The molecule has 104 valence electrons. The van der Waals surface area contributed by atoms with Crippen LogP contribution < -0.4 is 5.32 Å². The van der Waals surface area contributed by atoms with Gasteiger partial charge in [0, 0.05) is 5.69 Å². The zero-order chi connectivity index (χ0) is 14.7. The highest BCUT2D eigenvalue weighted by Gasteiger charge is 2.08. The van der Waals surface area contributed by atoms with Crippen LogP contribution in [0.1, 0.15) is 17.0 Å². The Morgan fingerprint density at radius 2 is 2.05 bits per heavy atom. The van der Waals surface area contributed by atoms with Gasteiger partial charge in [0.25, 0.3) is 0 Å². The number of benzene rings is 1. The fourth-order valence-corrected chi connectivity index (χ4v) is 1.98. The van der Waals surface area contributed by atoms with Gasteiger partial charge in [-0.05, 0) is 54.9 Å². The molecule has 0 radical (unpaired) electrons. The lowest BCUT2D eigenvalue weighted by molar-refractivity contribution is 0.553. The van der Waals surface area contributed by atoms with E-state index in [1.165, 1.54) is 0 Å². The van der Waals surface area contributed by atoms with Crippen LogP contribution in [0.3, 0.4) is 0 Å². The molecule has 0 bridgehead atoms. The third kappa shape index (κ3) is 3.61. The maximum atomic E-state index is 9.13. The maximum absolute atomic E-state index is 9.13. The van der Waals surface area contributed by atoms with Crippen molar-refractivity contribution < 1.29 is 5.11 Å². The summed E-state index contributed by atoms with van der Waals surface area (Å²) in [5.41, 5.74) is 3.15. The van der Waals surface area contributed by atoms with Crippen LogP contribution in [-0.4, -0.2) is 25.1 Å². The van der Waals surface area contributed by atoms with Gasteiger partial charge >= 0.3 is 0 Å². The van der Waals surface area contributed by atoms with E-state index in [9.17, 15) is 0 Å². The monoisotopic (exact) mass is 308 g/mol. The highest BCUT2D eigenvalue weighted by atomic mass is 35.5. The van der Waals surface area contributed by atoms with Crippen LogP contribution in [0, 0.1) is 13.8 Å². The Morgan fingerprint density at radius 1 is 1.30 bits per heavy atom. The Bertz CT molecular complexity index is 663. The molecule has 0 amide bonds. The van der Waals surface area contributed by atoms with Crippen LogP contribution in [0.25, 0.3) is 0 Å². The first-order chi connectivity index (χ1) is 9.45. The summed E-state index contributed by atoms with van der Waals surface area (Å²) in [5.74, 6) is 0.648. The van der Waals surface area contributed by atoms with E-state index in [2.05, 4.69) is 32.5 Å². The summed E-state index contributed by atoms with van der Waals surface area (Å²) in [7, 11) is 0. The molecule has 5 nitrogen and oxygen atoms in total. The Morgan fingerprint density at radius 3 is 2.75 bits per heavy atom. The molecule has 1 aromatic heterocycles. The number of thiocarbonyl (C=S) groups is 1. The molecular formula is C13H13ClN4OS. The number of aryl methyl sites for hydroxylation is 1. The average Bonchev–Trinajstić information content (AvgIpc) is 2.33. The van der Waals surface area contributed by atoms with Crippen LogP contribution in [-0.2, 0) is 6.42 Å². The molecule has 0 saturated carbocycles. The number of hydrogen-bond acceptors (Lipinski definition) is 5. The van der Waals surface area contributed by atoms with Crippen molar-refractivity contribution in [2.24, 2.45) is 0 Å². The largest absolute Gasteiger partial charge is 0.502 e. The molecule has 0 unspecified atom stereocenters. The van der Waals surface area contributed by atoms with Gasteiger partial charge < -0.3 is 10.4 Å². The van der Waals surface area contributed by atoms with Crippen molar-refractivity contribution >= 4 is 40.5 Å². The normalized spacial score (nSPS) is 10.3. The number of halogens is 1. The van der Waals surface area contributed by atoms with Crippen LogP contribution in [0.15, 0.2) is 18.2 Å². The van der Waals surface area contributed by atoms with Gasteiger partial charge in [-0.3, -0.25) is 0 Å². The second-order valence-electron chi connectivity index (χ2n) is 4.29. The van der Waals surface area contributed by atoms with Crippen LogP contribution in [0.5, 0.6) is 0 Å². The number of rotatable bonds is 4. The number of aromatic nitrogens is 3. The maximum Gasteiger partial charge on any atom is 0.231 e. The smallest absolute Gasteiger partial charge is 0.231 e.